The molecule has 0 fully saturated rings. The Balaban J connectivity index is 1.99. The van der Waals surface area contributed by atoms with Gasteiger partial charge < -0.3 is 10.1 Å². The van der Waals surface area contributed by atoms with E-state index >= 15 is 0 Å². The quantitative estimate of drug-likeness (QED) is 0.407. The first-order valence-electron chi connectivity index (χ1n) is 7.56. The molecule has 0 bridgehead atoms. The number of rotatable bonds is 6. The third-order valence-electron chi connectivity index (χ3n) is 3.48. The van der Waals surface area contributed by atoms with Gasteiger partial charge in [0.1, 0.15) is 0 Å². The maximum absolute atomic E-state index is 12.2. The van der Waals surface area contributed by atoms with Gasteiger partial charge >= 0.3 is 5.97 Å². The number of anilines is 1. The van der Waals surface area contributed by atoms with Crippen molar-refractivity contribution in [2.24, 2.45) is 0 Å². The van der Waals surface area contributed by atoms with E-state index in [9.17, 15) is 19.7 Å². The van der Waals surface area contributed by atoms with E-state index in [1.54, 1.807) is 18.2 Å². The lowest BCUT2D eigenvalue weighted by Crippen LogP contribution is -2.30. The Morgan fingerprint density at radius 2 is 1.78 bits per heavy atom. The van der Waals surface area contributed by atoms with Crippen molar-refractivity contribution < 1.29 is 19.2 Å². The molecule has 2 aromatic rings. The second kappa shape index (κ2) is 9.03. The van der Waals surface area contributed by atoms with Crippen molar-refractivity contribution in [1.82, 2.24) is 0 Å². The van der Waals surface area contributed by atoms with E-state index in [1.807, 2.05) is 0 Å². The van der Waals surface area contributed by atoms with Crippen molar-refractivity contribution >= 4 is 58.1 Å². The van der Waals surface area contributed by atoms with E-state index < -0.39 is 22.9 Å². The minimum Gasteiger partial charge on any atom is -0.452 e. The number of nitro benzene ring substituents is 1. The smallest absolute Gasteiger partial charge is 0.311 e. The zero-order valence-corrected chi connectivity index (χ0v) is 16.1. The summed E-state index contributed by atoms with van der Waals surface area (Å²) in [6.07, 6.45) is -1.33. The van der Waals surface area contributed by atoms with E-state index in [4.69, 9.17) is 39.5 Å². The molecule has 1 amide bonds. The standard InChI is InChI=1S/C17H13Cl3N2O5/c1-9(27-16(23)8-11-12(18)3-2-4-13(11)19)17(24)21-15-6-5-10(22(25)26)7-14(15)20/h2-7,9H,8H2,1H3,(H,21,24). The minimum atomic E-state index is -1.13. The van der Waals surface area contributed by atoms with Gasteiger partial charge in [-0.25, -0.2) is 0 Å². The SMILES string of the molecule is CC(OC(=O)Cc1c(Cl)cccc1Cl)C(=O)Nc1ccc([N+](=O)[O-])cc1Cl. The summed E-state index contributed by atoms with van der Waals surface area (Å²) < 4.78 is 5.08. The number of benzene rings is 2. The molecule has 10 heteroatoms. The number of nitrogens with one attached hydrogen (secondary N) is 1. The number of hydrogen-bond donors (Lipinski definition) is 1. The molecule has 1 N–H and O–H groups in total. The van der Waals surface area contributed by atoms with Crippen molar-refractivity contribution in [2.75, 3.05) is 5.32 Å². The number of amides is 1. The zero-order valence-electron chi connectivity index (χ0n) is 13.9. The van der Waals surface area contributed by atoms with Crippen LogP contribution in [0.15, 0.2) is 36.4 Å². The lowest BCUT2D eigenvalue weighted by Gasteiger charge is -2.15. The molecule has 0 radical (unpaired) electrons. The predicted octanol–water partition coefficient (Wildman–Crippen LogP) is 4.67. The lowest BCUT2D eigenvalue weighted by molar-refractivity contribution is -0.384. The maximum Gasteiger partial charge on any atom is 0.311 e. The molecule has 2 aromatic carbocycles. The first kappa shape index (κ1) is 21.0. The van der Waals surface area contributed by atoms with Gasteiger partial charge in [-0.1, -0.05) is 40.9 Å². The Labute approximate surface area is 169 Å². The second-order valence-electron chi connectivity index (χ2n) is 5.42. The topological polar surface area (TPSA) is 98.5 Å². The Morgan fingerprint density at radius 3 is 2.33 bits per heavy atom. The lowest BCUT2D eigenvalue weighted by atomic mass is 10.1. The fraction of sp³-hybridized carbons (Fsp3) is 0.176. The van der Waals surface area contributed by atoms with Crippen LogP contribution in [0, 0.1) is 10.1 Å². The predicted molar refractivity (Wildman–Crippen MR) is 102 cm³/mol. The van der Waals surface area contributed by atoms with Gasteiger partial charge in [-0.2, -0.15) is 0 Å². The number of ether oxygens (including phenoxy) is 1. The summed E-state index contributed by atoms with van der Waals surface area (Å²) in [5, 5.41) is 13.8. The van der Waals surface area contributed by atoms with Crippen molar-refractivity contribution in [1.29, 1.82) is 0 Å². The van der Waals surface area contributed by atoms with Gasteiger partial charge in [0.05, 0.1) is 22.1 Å². The number of non-ortho nitro benzene ring substituents is 1. The van der Waals surface area contributed by atoms with E-state index in [-0.39, 0.29) is 22.8 Å². The molecule has 27 heavy (non-hydrogen) atoms. The minimum absolute atomic E-state index is 0.0149. The molecule has 0 aliphatic heterocycles. The maximum atomic E-state index is 12.2. The molecule has 0 aliphatic carbocycles. The fourth-order valence-corrected chi connectivity index (χ4v) is 2.84. The van der Waals surface area contributed by atoms with Crippen LogP contribution in [0.4, 0.5) is 11.4 Å². The number of esters is 1. The van der Waals surface area contributed by atoms with Gasteiger partial charge in [0, 0.05) is 27.7 Å². The average Bonchev–Trinajstić information content (AvgIpc) is 2.59. The molecule has 0 aromatic heterocycles. The van der Waals surface area contributed by atoms with E-state index in [0.717, 1.165) is 6.07 Å². The second-order valence-corrected chi connectivity index (χ2v) is 6.64. The van der Waals surface area contributed by atoms with Crippen LogP contribution in [0.1, 0.15) is 12.5 Å². The third-order valence-corrected chi connectivity index (χ3v) is 4.50. The van der Waals surface area contributed by atoms with Crippen molar-refractivity contribution in [2.45, 2.75) is 19.4 Å². The van der Waals surface area contributed by atoms with Gasteiger partial charge in [-0.3, -0.25) is 19.7 Å². The van der Waals surface area contributed by atoms with Crippen molar-refractivity contribution in [3.63, 3.8) is 0 Å². The zero-order chi connectivity index (χ0) is 20.1. The Bertz CT molecular complexity index is 884. The summed E-state index contributed by atoms with van der Waals surface area (Å²) >= 11 is 17.9. The molecule has 0 saturated carbocycles. The molecule has 1 unspecified atom stereocenters. The highest BCUT2D eigenvalue weighted by atomic mass is 35.5. The fourth-order valence-electron chi connectivity index (χ4n) is 2.09. The highest BCUT2D eigenvalue weighted by Crippen LogP contribution is 2.27. The van der Waals surface area contributed by atoms with Crippen LogP contribution in [-0.4, -0.2) is 22.9 Å². The first-order chi connectivity index (χ1) is 12.7. The number of carbonyl (C=O) groups is 2. The van der Waals surface area contributed by atoms with Gasteiger partial charge in [-0.05, 0) is 25.1 Å². The van der Waals surface area contributed by atoms with Gasteiger partial charge in [0.15, 0.2) is 6.10 Å². The number of carbonyl (C=O) groups excluding carboxylic acids is 2. The summed E-state index contributed by atoms with van der Waals surface area (Å²) in [5.41, 5.74) is 0.343. The summed E-state index contributed by atoms with van der Waals surface area (Å²) in [5.74, 6) is -1.34. The number of nitro groups is 1. The van der Waals surface area contributed by atoms with Crippen molar-refractivity contribution in [3.05, 3.63) is 67.1 Å². The van der Waals surface area contributed by atoms with E-state index in [0.29, 0.717) is 15.6 Å². The summed E-state index contributed by atoms with van der Waals surface area (Å²) in [7, 11) is 0. The van der Waals surface area contributed by atoms with Gasteiger partial charge in [0.2, 0.25) is 0 Å². The molecule has 0 saturated heterocycles. The molecule has 142 valence electrons. The molecule has 0 spiro atoms. The van der Waals surface area contributed by atoms with Crippen LogP contribution in [0.3, 0.4) is 0 Å². The van der Waals surface area contributed by atoms with Crippen molar-refractivity contribution in [3.8, 4) is 0 Å². The van der Waals surface area contributed by atoms with Gasteiger partial charge in [-0.15, -0.1) is 0 Å². The average molecular weight is 432 g/mol. The number of nitrogens with zero attached hydrogens (tertiary/aromatic N) is 1. The van der Waals surface area contributed by atoms with E-state index in [2.05, 4.69) is 5.32 Å². The highest BCUT2D eigenvalue weighted by Gasteiger charge is 2.21. The molecule has 0 aliphatic rings. The van der Waals surface area contributed by atoms with Crippen LogP contribution in [0.2, 0.25) is 15.1 Å². The summed E-state index contributed by atoms with van der Waals surface area (Å²) in [6, 6.07) is 8.40. The summed E-state index contributed by atoms with van der Waals surface area (Å²) in [6.45, 7) is 1.38. The number of halogens is 3. The number of hydrogen-bond acceptors (Lipinski definition) is 5. The molecule has 7 nitrogen and oxygen atoms in total. The molecular formula is C17H13Cl3N2O5. The summed E-state index contributed by atoms with van der Waals surface area (Å²) in [4.78, 5) is 34.3. The largest absolute Gasteiger partial charge is 0.452 e. The van der Waals surface area contributed by atoms with Gasteiger partial charge in [0.25, 0.3) is 11.6 Å². The monoisotopic (exact) mass is 430 g/mol. The molecular weight excluding hydrogens is 419 g/mol. The molecule has 1 atom stereocenters. The van der Waals surface area contributed by atoms with Crippen LogP contribution >= 0.6 is 34.8 Å². The van der Waals surface area contributed by atoms with Crippen LogP contribution in [0.25, 0.3) is 0 Å². The first-order valence-corrected chi connectivity index (χ1v) is 8.69. The Hall–Kier alpha value is -2.35. The van der Waals surface area contributed by atoms with Crippen LogP contribution in [-0.2, 0) is 20.7 Å². The third kappa shape index (κ3) is 5.56. The molecule has 2 rings (SSSR count). The van der Waals surface area contributed by atoms with Crippen LogP contribution in [0.5, 0.6) is 0 Å². The Kier molecular flexibility index (Phi) is 7.01. The Morgan fingerprint density at radius 1 is 1.15 bits per heavy atom. The normalized spacial score (nSPS) is 11.6. The highest BCUT2D eigenvalue weighted by molar-refractivity contribution is 6.36. The van der Waals surface area contributed by atoms with Crippen LogP contribution < -0.4 is 5.32 Å². The molecule has 0 heterocycles. The van der Waals surface area contributed by atoms with E-state index in [1.165, 1.54) is 19.1 Å².